The Labute approximate surface area is 226 Å². The standard InChI is InChI=1S/C29H34O10/c1-29(2,19-4-8-23(9-5-19)37-15-21(30)14-36-3)20-6-10-24(11-7-20)38-16-22(31)17-39-28(35)18-12-25(32)27(34)26(33)13-18/h4-13,21-22,30-34H,14-17H2,1-3H3. The summed E-state index contributed by atoms with van der Waals surface area (Å²) in [6.07, 6.45) is -1.82. The summed E-state index contributed by atoms with van der Waals surface area (Å²) in [5.41, 5.74) is 1.59. The monoisotopic (exact) mass is 542 g/mol. The molecule has 3 aromatic carbocycles. The lowest BCUT2D eigenvalue weighted by Gasteiger charge is -2.26. The third-order valence-corrected chi connectivity index (χ3v) is 6.11. The molecule has 210 valence electrons. The molecule has 10 nitrogen and oxygen atoms in total. The van der Waals surface area contributed by atoms with Crippen LogP contribution in [0.15, 0.2) is 60.7 Å². The molecule has 2 unspecified atom stereocenters. The van der Waals surface area contributed by atoms with Crippen LogP contribution in [0.3, 0.4) is 0 Å². The van der Waals surface area contributed by atoms with E-state index in [2.05, 4.69) is 13.8 Å². The molecule has 3 rings (SSSR count). The zero-order valence-corrected chi connectivity index (χ0v) is 22.0. The number of aromatic hydroxyl groups is 3. The van der Waals surface area contributed by atoms with Crippen molar-refractivity contribution in [2.75, 3.05) is 33.5 Å². The molecule has 0 aliphatic heterocycles. The maximum Gasteiger partial charge on any atom is 0.338 e. The second kappa shape index (κ2) is 13.2. The number of carbonyl (C=O) groups is 1. The van der Waals surface area contributed by atoms with Gasteiger partial charge in [-0.2, -0.15) is 0 Å². The Bertz CT molecular complexity index is 1200. The number of phenolic OH excluding ortho intramolecular Hbond substituents is 3. The Kier molecular flexibility index (Phi) is 10.00. The topological polar surface area (TPSA) is 155 Å². The number of aliphatic hydroxyl groups is 2. The predicted octanol–water partition coefficient (Wildman–Crippen LogP) is 3.11. The number of ether oxygens (including phenoxy) is 4. The van der Waals surface area contributed by atoms with Gasteiger partial charge < -0.3 is 44.5 Å². The number of esters is 1. The van der Waals surface area contributed by atoms with Crippen LogP contribution < -0.4 is 9.47 Å². The maximum absolute atomic E-state index is 12.1. The summed E-state index contributed by atoms with van der Waals surface area (Å²) in [7, 11) is 1.52. The molecule has 39 heavy (non-hydrogen) atoms. The maximum atomic E-state index is 12.1. The van der Waals surface area contributed by atoms with E-state index in [1.165, 1.54) is 7.11 Å². The molecule has 10 heteroatoms. The summed E-state index contributed by atoms with van der Waals surface area (Å²) in [6, 6.07) is 17.0. The van der Waals surface area contributed by atoms with Gasteiger partial charge in [-0.3, -0.25) is 0 Å². The van der Waals surface area contributed by atoms with Crippen LogP contribution in [-0.2, 0) is 14.9 Å². The summed E-state index contributed by atoms with van der Waals surface area (Å²) in [5, 5.41) is 48.3. The summed E-state index contributed by atoms with van der Waals surface area (Å²) in [4.78, 5) is 12.1. The van der Waals surface area contributed by atoms with Crippen LogP contribution in [0.2, 0.25) is 0 Å². The summed E-state index contributed by atoms with van der Waals surface area (Å²) in [5.74, 6) is -1.80. The molecular weight excluding hydrogens is 508 g/mol. The second-order valence-electron chi connectivity index (χ2n) is 9.52. The van der Waals surface area contributed by atoms with Gasteiger partial charge in [0.15, 0.2) is 17.2 Å². The van der Waals surface area contributed by atoms with Crippen LogP contribution in [0.4, 0.5) is 0 Å². The van der Waals surface area contributed by atoms with Gasteiger partial charge in [0.2, 0.25) is 0 Å². The molecule has 0 bridgehead atoms. The smallest absolute Gasteiger partial charge is 0.338 e. The minimum atomic E-state index is -1.12. The van der Waals surface area contributed by atoms with Gasteiger partial charge in [-0.05, 0) is 47.5 Å². The lowest BCUT2D eigenvalue weighted by Crippen LogP contribution is -2.25. The van der Waals surface area contributed by atoms with Crippen molar-refractivity contribution in [2.45, 2.75) is 31.5 Å². The van der Waals surface area contributed by atoms with Gasteiger partial charge in [0.05, 0.1) is 12.2 Å². The van der Waals surface area contributed by atoms with Gasteiger partial charge in [-0.25, -0.2) is 4.79 Å². The number of methoxy groups -OCH3 is 1. The molecule has 0 aromatic heterocycles. The van der Waals surface area contributed by atoms with E-state index in [0.717, 1.165) is 23.3 Å². The minimum Gasteiger partial charge on any atom is -0.504 e. The van der Waals surface area contributed by atoms with Gasteiger partial charge in [0.25, 0.3) is 0 Å². The minimum absolute atomic E-state index is 0.136. The van der Waals surface area contributed by atoms with Crippen molar-refractivity contribution in [3.05, 3.63) is 77.4 Å². The first-order chi connectivity index (χ1) is 18.5. The van der Waals surface area contributed by atoms with Crippen molar-refractivity contribution < 1.29 is 49.3 Å². The van der Waals surface area contributed by atoms with Crippen LogP contribution >= 0.6 is 0 Å². The first-order valence-corrected chi connectivity index (χ1v) is 12.2. The molecular formula is C29H34O10. The molecule has 0 fully saturated rings. The highest BCUT2D eigenvalue weighted by Gasteiger charge is 2.23. The Balaban J connectivity index is 1.50. The van der Waals surface area contributed by atoms with Crippen molar-refractivity contribution >= 4 is 5.97 Å². The first-order valence-electron chi connectivity index (χ1n) is 12.2. The molecule has 0 saturated heterocycles. The summed E-state index contributed by atoms with van der Waals surface area (Å²) >= 11 is 0. The van der Waals surface area contributed by atoms with Crippen molar-refractivity contribution in [1.29, 1.82) is 0 Å². The van der Waals surface area contributed by atoms with Crippen molar-refractivity contribution in [3.63, 3.8) is 0 Å². The number of hydrogen-bond acceptors (Lipinski definition) is 10. The highest BCUT2D eigenvalue weighted by molar-refractivity contribution is 5.91. The molecule has 0 radical (unpaired) electrons. The predicted molar refractivity (Wildman–Crippen MR) is 142 cm³/mol. The Morgan fingerprint density at radius 2 is 1.18 bits per heavy atom. The van der Waals surface area contributed by atoms with Crippen LogP contribution in [0, 0.1) is 0 Å². The van der Waals surface area contributed by atoms with E-state index < -0.39 is 35.4 Å². The van der Waals surface area contributed by atoms with Crippen molar-refractivity contribution in [3.8, 4) is 28.7 Å². The quantitative estimate of drug-likeness (QED) is 0.161. The fourth-order valence-corrected chi connectivity index (χ4v) is 3.75. The molecule has 0 spiro atoms. The average Bonchev–Trinajstić information content (AvgIpc) is 2.92. The molecule has 0 amide bonds. The van der Waals surface area contributed by atoms with Crippen molar-refractivity contribution in [2.24, 2.45) is 0 Å². The van der Waals surface area contributed by atoms with Crippen LogP contribution in [0.25, 0.3) is 0 Å². The fourth-order valence-electron chi connectivity index (χ4n) is 3.75. The van der Waals surface area contributed by atoms with E-state index in [-0.39, 0.29) is 37.4 Å². The second-order valence-corrected chi connectivity index (χ2v) is 9.52. The number of hydrogen-bond donors (Lipinski definition) is 5. The average molecular weight is 543 g/mol. The highest BCUT2D eigenvalue weighted by atomic mass is 16.5. The first kappa shape index (κ1) is 29.6. The third kappa shape index (κ3) is 8.00. The number of carbonyl (C=O) groups excluding carboxylic acids is 1. The molecule has 0 heterocycles. The van der Waals surface area contributed by atoms with Gasteiger partial charge in [-0.15, -0.1) is 0 Å². The number of aliphatic hydroxyl groups excluding tert-OH is 2. The third-order valence-electron chi connectivity index (χ3n) is 6.11. The Hall–Kier alpha value is -3.99. The zero-order valence-electron chi connectivity index (χ0n) is 22.0. The Morgan fingerprint density at radius 3 is 1.62 bits per heavy atom. The number of rotatable bonds is 13. The van der Waals surface area contributed by atoms with E-state index >= 15 is 0 Å². The molecule has 2 atom stereocenters. The lowest BCUT2D eigenvalue weighted by atomic mass is 9.78. The Morgan fingerprint density at radius 1 is 0.744 bits per heavy atom. The van der Waals surface area contributed by atoms with Crippen molar-refractivity contribution in [1.82, 2.24) is 0 Å². The zero-order chi connectivity index (χ0) is 28.6. The molecule has 0 saturated carbocycles. The van der Waals surface area contributed by atoms with Gasteiger partial charge in [0, 0.05) is 12.5 Å². The summed E-state index contributed by atoms with van der Waals surface area (Å²) in [6.45, 7) is 4.01. The summed E-state index contributed by atoms with van der Waals surface area (Å²) < 4.78 is 21.1. The number of benzene rings is 3. The van der Waals surface area contributed by atoms with E-state index in [9.17, 15) is 30.3 Å². The number of phenols is 3. The van der Waals surface area contributed by atoms with E-state index in [1.807, 2.05) is 36.4 Å². The van der Waals surface area contributed by atoms with Crippen LogP contribution in [-0.4, -0.2) is 77.2 Å². The van der Waals surface area contributed by atoms with Gasteiger partial charge in [-0.1, -0.05) is 38.1 Å². The van der Waals surface area contributed by atoms with E-state index in [0.29, 0.717) is 11.5 Å². The van der Waals surface area contributed by atoms with Crippen LogP contribution in [0.5, 0.6) is 28.7 Å². The largest absolute Gasteiger partial charge is 0.504 e. The lowest BCUT2D eigenvalue weighted by molar-refractivity contribution is 0.0129. The molecule has 0 aliphatic rings. The SMILES string of the molecule is COCC(O)COc1ccc(C(C)(C)c2ccc(OCC(O)COC(=O)c3cc(O)c(O)c(O)c3)cc2)cc1. The molecule has 0 aliphatic carbocycles. The molecule has 3 aromatic rings. The fraction of sp³-hybridized carbons (Fsp3) is 0.345. The normalized spacial score (nSPS) is 12.9. The van der Waals surface area contributed by atoms with Gasteiger partial charge in [0.1, 0.15) is 43.5 Å². The van der Waals surface area contributed by atoms with E-state index in [1.54, 1.807) is 12.1 Å². The van der Waals surface area contributed by atoms with E-state index in [4.69, 9.17) is 18.9 Å². The molecule has 5 N–H and O–H groups in total. The highest BCUT2D eigenvalue weighted by Crippen LogP contribution is 2.36. The van der Waals surface area contributed by atoms with Crippen LogP contribution in [0.1, 0.15) is 35.3 Å². The van der Waals surface area contributed by atoms with Gasteiger partial charge >= 0.3 is 5.97 Å².